The molecule has 0 aliphatic heterocycles. The van der Waals surface area contributed by atoms with Crippen LogP contribution in [0.3, 0.4) is 0 Å². The number of thiophene rings is 2. The van der Waals surface area contributed by atoms with Gasteiger partial charge in [0, 0.05) is 14.6 Å². The Morgan fingerprint density at radius 1 is 1.24 bits per heavy atom. The molecule has 1 N–H and O–H groups in total. The molecule has 0 saturated carbocycles. The van der Waals surface area contributed by atoms with Crippen molar-refractivity contribution in [3.8, 4) is 21.6 Å². The fourth-order valence-corrected chi connectivity index (χ4v) is 3.65. The van der Waals surface area contributed by atoms with Crippen LogP contribution in [0.1, 0.15) is 22.8 Å². The lowest BCUT2D eigenvalue weighted by Crippen LogP contribution is -1.93. The molecule has 0 aliphatic carbocycles. The summed E-state index contributed by atoms with van der Waals surface area (Å²) in [6, 6.07) is 8.03. The van der Waals surface area contributed by atoms with Crippen molar-refractivity contribution in [1.29, 1.82) is 0 Å². The molecular formula is C13H11ClOS2. The van der Waals surface area contributed by atoms with Crippen LogP contribution in [0.2, 0.25) is 0 Å². The largest absolute Gasteiger partial charge is 0.386 e. The molecule has 2 aromatic heterocycles. The summed E-state index contributed by atoms with van der Waals surface area (Å²) in [6.07, 6.45) is -0.565. The molecule has 1 atom stereocenters. The zero-order valence-electron chi connectivity index (χ0n) is 9.24. The summed E-state index contributed by atoms with van der Waals surface area (Å²) in [5.74, 6) is 6.16. The van der Waals surface area contributed by atoms with Gasteiger partial charge in [-0.3, -0.25) is 0 Å². The lowest BCUT2D eigenvalue weighted by Gasteiger charge is -2.00. The molecule has 2 aromatic rings. The van der Waals surface area contributed by atoms with Crippen molar-refractivity contribution in [3.63, 3.8) is 0 Å². The van der Waals surface area contributed by atoms with Crippen molar-refractivity contribution in [2.75, 3.05) is 5.88 Å². The molecule has 2 heterocycles. The topological polar surface area (TPSA) is 20.2 Å². The molecule has 0 saturated heterocycles. The number of rotatable bonds is 3. The summed E-state index contributed by atoms with van der Waals surface area (Å²) < 4.78 is 0. The predicted molar refractivity (Wildman–Crippen MR) is 75.9 cm³/mol. The quantitative estimate of drug-likeness (QED) is 0.663. The lowest BCUT2D eigenvalue weighted by molar-refractivity contribution is 0.206. The first-order chi connectivity index (χ1) is 8.24. The van der Waals surface area contributed by atoms with E-state index in [1.54, 1.807) is 22.7 Å². The van der Waals surface area contributed by atoms with E-state index < -0.39 is 6.10 Å². The Bertz CT molecular complexity index is 559. The van der Waals surface area contributed by atoms with Crippen molar-refractivity contribution in [1.82, 2.24) is 0 Å². The number of aliphatic hydroxyl groups excluding tert-OH is 1. The Labute approximate surface area is 114 Å². The molecule has 0 amide bonds. The molecule has 2 rings (SSSR count). The fraction of sp³-hybridized carbons (Fsp3) is 0.231. The van der Waals surface area contributed by atoms with Crippen LogP contribution < -0.4 is 0 Å². The van der Waals surface area contributed by atoms with Gasteiger partial charge >= 0.3 is 0 Å². The molecule has 88 valence electrons. The number of alkyl halides is 1. The highest BCUT2D eigenvalue weighted by Gasteiger charge is 2.11. The van der Waals surface area contributed by atoms with Gasteiger partial charge in [0.25, 0.3) is 0 Å². The normalized spacial score (nSPS) is 11.9. The summed E-state index contributed by atoms with van der Waals surface area (Å²) in [5.41, 5.74) is 0. The summed E-state index contributed by atoms with van der Waals surface area (Å²) in [5, 5.41) is 9.64. The zero-order chi connectivity index (χ0) is 12.3. The molecule has 1 unspecified atom stereocenters. The molecule has 0 aliphatic rings. The van der Waals surface area contributed by atoms with Gasteiger partial charge < -0.3 is 5.11 Å². The van der Waals surface area contributed by atoms with Crippen molar-refractivity contribution in [2.45, 2.75) is 13.0 Å². The van der Waals surface area contributed by atoms with Gasteiger partial charge in [0.05, 0.1) is 10.8 Å². The lowest BCUT2D eigenvalue weighted by atomic mass is 10.3. The van der Waals surface area contributed by atoms with E-state index in [4.69, 9.17) is 11.6 Å². The maximum Gasteiger partial charge on any atom is 0.102 e. The number of halogens is 1. The Balaban J connectivity index is 2.26. The van der Waals surface area contributed by atoms with Gasteiger partial charge in [-0.25, -0.2) is 0 Å². The summed E-state index contributed by atoms with van der Waals surface area (Å²) in [7, 11) is 0. The average molecular weight is 283 g/mol. The third-order valence-electron chi connectivity index (χ3n) is 2.20. The third-order valence-corrected chi connectivity index (χ3v) is 4.87. The molecular weight excluding hydrogens is 272 g/mol. The van der Waals surface area contributed by atoms with Crippen molar-refractivity contribution in [3.05, 3.63) is 34.0 Å². The van der Waals surface area contributed by atoms with Crippen LogP contribution in [0.15, 0.2) is 24.3 Å². The van der Waals surface area contributed by atoms with E-state index in [9.17, 15) is 5.11 Å². The Hall–Kier alpha value is -0.790. The first-order valence-corrected chi connectivity index (χ1v) is 7.28. The minimum Gasteiger partial charge on any atom is -0.386 e. The van der Waals surface area contributed by atoms with Crippen molar-refractivity contribution >= 4 is 34.3 Å². The van der Waals surface area contributed by atoms with E-state index in [1.165, 1.54) is 4.88 Å². The van der Waals surface area contributed by atoms with Gasteiger partial charge in [-0.1, -0.05) is 5.92 Å². The first-order valence-electron chi connectivity index (χ1n) is 5.11. The van der Waals surface area contributed by atoms with Crippen LogP contribution in [-0.4, -0.2) is 11.0 Å². The fourth-order valence-electron chi connectivity index (χ4n) is 1.40. The molecule has 0 bridgehead atoms. The van der Waals surface area contributed by atoms with Crippen LogP contribution in [0.4, 0.5) is 0 Å². The second-order valence-corrected chi connectivity index (χ2v) is 5.92. The Morgan fingerprint density at radius 2 is 1.94 bits per heavy atom. The highest BCUT2D eigenvalue weighted by molar-refractivity contribution is 7.22. The molecule has 0 fully saturated rings. The van der Waals surface area contributed by atoms with Crippen LogP contribution >= 0.6 is 34.3 Å². The van der Waals surface area contributed by atoms with Gasteiger partial charge in [-0.15, -0.1) is 40.2 Å². The first kappa shape index (κ1) is 12.7. The zero-order valence-corrected chi connectivity index (χ0v) is 11.6. The van der Waals surface area contributed by atoms with Gasteiger partial charge in [0.1, 0.15) is 6.10 Å². The standard InChI is InChI=1S/C13H11ClOS2/c1-2-3-9-4-5-12(16-9)13-7-6-11(17-13)10(15)8-14/h4-7,10,15H,8H2,1H3. The van der Waals surface area contributed by atoms with E-state index >= 15 is 0 Å². The Morgan fingerprint density at radius 3 is 2.65 bits per heavy atom. The van der Waals surface area contributed by atoms with E-state index in [0.29, 0.717) is 0 Å². The summed E-state index contributed by atoms with van der Waals surface area (Å²) in [4.78, 5) is 4.31. The van der Waals surface area contributed by atoms with E-state index in [1.807, 2.05) is 25.1 Å². The molecule has 0 aromatic carbocycles. The minimum absolute atomic E-state index is 0.233. The summed E-state index contributed by atoms with van der Waals surface area (Å²) >= 11 is 8.87. The molecule has 1 nitrogen and oxygen atoms in total. The SMILES string of the molecule is CC#Cc1ccc(-c2ccc(C(O)CCl)s2)s1. The van der Waals surface area contributed by atoms with Gasteiger partial charge in [0.2, 0.25) is 0 Å². The van der Waals surface area contributed by atoms with Gasteiger partial charge in [-0.2, -0.15) is 0 Å². The maximum atomic E-state index is 9.64. The van der Waals surface area contributed by atoms with E-state index in [-0.39, 0.29) is 5.88 Å². The molecule has 0 spiro atoms. The van der Waals surface area contributed by atoms with Crippen LogP contribution in [0.5, 0.6) is 0 Å². The predicted octanol–water partition coefficient (Wildman–Crippen LogP) is 4.12. The van der Waals surface area contributed by atoms with E-state index in [2.05, 4.69) is 17.9 Å². The highest BCUT2D eigenvalue weighted by Crippen LogP contribution is 2.35. The smallest absolute Gasteiger partial charge is 0.102 e. The molecule has 4 heteroatoms. The van der Waals surface area contributed by atoms with Gasteiger partial charge in [-0.05, 0) is 31.2 Å². The number of hydrogen-bond donors (Lipinski definition) is 1. The second-order valence-electron chi connectivity index (χ2n) is 3.41. The van der Waals surface area contributed by atoms with Crippen molar-refractivity contribution < 1.29 is 5.11 Å². The average Bonchev–Trinajstić information content (AvgIpc) is 2.96. The monoisotopic (exact) mass is 282 g/mol. The van der Waals surface area contributed by atoms with E-state index in [0.717, 1.165) is 14.6 Å². The Kier molecular flexibility index (Phi) is 4.25. The maximum absolute atomic E-state index is 9.64. The minimum atomic E-state index is -0.565. The van der Waals surface area contributed by atoms with Crippen molar-refractivity contribution in [2.24, 2.45) is 0 Å². The third kappa shape index (κ3) is 2.91. The van der Waals surface area contributed by atoms with Crippen LogP contribution in [-0.2, 0) is 0 Å². The summed E-state index contributed by atoms with van der Waals surface area (Å²) in [6.45, 7) is 1.83. The number of aliphatic hydroxyl groups is 1. The highest BCUT2D eigenvalue weighted by atomic mass is 35.5. The second kappa shape index (κ2) is 5.70. The number of hydrogen-bond acceptors (Lipinski definition) is 3. The van der Waals surface area contributed by atoms with Crippen LogP contribution in [0, 0.1) is 11.8 Å². The van der Waals surface area contributed by atoms with Gasteiger partial charge in [0.15, 0.2) is 0 Å². The molecule has 17 heavy (non-hydrogen) atoms. The van der Waals surface area contributed by atoms with Crippen LogP contribution in [0.25, 0.3) is 9.75 Å². The molecule has 0 radical (unpaired) electrons.